The lowest BCUT2D eigenvalue weighted by atomic mass is 9.96. The average Bonchev–Trinajstić information content (AvgIpc) is 2.14. The molecule has 0 aliphatic heterocycles. The van der Waals surface area contributed by atoms with Crippen molar-refractivity contribution in [1.82, 2.24) is 0 Å². The van der Waals surface area contributed by atoms with Crippen molar-refractivity contribution < 1.29 is 4.79 Å². The van der Waals surface area contributed by atoms with Crippen LogP contribution >= 0.6 is 0 Å². The summed E-state index contributed by atoms with van der Waals surface area (Å²) in [5.41, 5.74) is 8.49. The monoisotopic (exact) mass is 191 g/mol. The maximum atomic E-state index is 11.8. The maximum Gasteiger partial charge on any atom is 0.166 e. The van der Waals surface area contributed by atoms with Gasteiger partial charge in [0, 0.05) is 18.0 Å². The van der Waals surface area contributed by atoms with Crippen molar-refractivity contribution in [3.05, 3.63) is 34.9 Å². The molecule has 0 saturated carbocycles. The molecule has 0 bridgehead atoms. The van der Waals surface area contributed by atoms with Crippen molar-refractivity contribution in [3.63, 3.8) is 0 Å². The minimum absolute atomic E-state index is 0.0869. The lowest BCUT2D eigenvalue weighted by Gasteiger charge is -2.08. The Kier molecular flexibility index (Phi) is 3.42. The van der Waals surface area contributed by atoms with E-state index in [-0.39, 0.29) is 11.7 Å². The van der Waals surface area contributed by atoms with Crippen molar-refractivity contribution in [2.75, 3.05) is 6.54 Å². The standard InChI is InChI=1S/C12H17NO/c1-8-4-9(2)6-11(5-8)12(14)10(3)7-13/h4-6,10H,7,13H2,1-3H3. The fraction of sp³-hybridized carbons (Fsp3) is 0.417. The van der Waals surface area contributed by atoms with Crippen LogP contribution in [-0.4, -0.2) is 12.3 Å². The van der Waals surface area contributed by atoms with Gasteiger partial charge in [0.1, 0.15) is 0 Å². The van der Waals surface area contributed by atoms with Gasteiger partial charge in [-0.1, -0.05) is 24.1 Å². The summed E-state index contributed by atoms with van der Waals surface area (Å²) in [6.45, 7) is 6.26. The summed E-state index contributed by atoms with van der Waals surface area (Å²) in [7, 11) is 0. The SMILES string of the molecule is Cc1cc(C)cc(C(=O)C(C)CN)c1. The third kappa shape index (κ3) is 2.42. The van der Waals surface area contributed by atoms with E-state index in [2.05, 4.69) is 6.07 Å². The number of hydrogen-bond acceptors (Lipinski definition) is 2. The summed E-state index contributed by atoms with van der Waals surface area (Å²) in [5.74, 6) is 0.0514. The minimum atomic E-state index is -0.0869. The molecule has 0 heterocycles. The fourth-order valence-corrected chi connectivity index (χ4v) is 1.51. The third-order valence-corrected chi connectivity index (χ3v) is 2.31. The van der Waals surface area contributed by atoms with E-state index in [1.807, 2.05) is 32.9 Å². The van der Waals surface area contributed by atoms with E-state index in [9.17, 15) is 4.79 Å². The van der Waals surface area contributed by atoms with Crippen molar-refractivity contribution in [3.8, 4) is 0 Å². The molecular formula is C12H17NO. The summed E-state index contributed by atoms with van der Waals surface area (Å²) >= 11 is 0. The van der Waals surface area contributed by atoms with Gasteiger partial charge in [0.25, 0.3) is 0 Å². The Labute approximate surface area is 85.1 Å². The molecule has 1 unspecified atom stereocenters. The van der Waals surface area contributed by atoms with Crippen LogP contribution in [-0.2, 0) is 0 Å². The van der Waals surface area contributed by atoms with Crippen LogP contribution in [0.15, 0.2) is 18.2 Å². The number of aryl methyl sites for hydroxylation is 2. The highest BCUT2D eigenvalue weighted by Gasteiger charge is 2.13. The highest BCUT2D eigenvalue weighted by atomic mass is 16.1. The summed E-state index contributed by atoms with van der Waals surface area (Å²) in [6, 6.07) is 5.90. The Bertz CT molecular complexity index is 324. The molecule has 0 radical (unpaired) electrons. The third-order valence-electron chi connectivity index (χ3n) is 2.31. The molecule has 0 aliphatic rings. The van der Waals surface area contributed by atoms with Crippen LogP contribution < -0.4 is 5.73 Å². The van der Waals surface area contributed by atoms with E-state index in [4.69, 9.17) is 5.73 Å². The molecule has 1 atom stereocenters. The van der Waals surface area contributed by atoms with Crippen molar-refractivity contribution >= 4 is 5.78 Å². The van der Waals surface area contributed by atoms with Gasteiger partial charge < -0.3 is 5.73 Å². The van der Waals surface area contributed by atoms with Gasteiger partial charge in [0.15, 0.2) is 5.78 Å². The van der Waals surface area contributed by atoms with Crippen LogP contribution in [0, 0.1) is 19.8 Å². The van der Waals surface area contributed by atoms with Crippen LogP contribution in [0.25, 0.3) is 0 Å². The molecule has 0 amide bonds. The van der Waals surface area contributed by atoms with Gasteiger partial charge in [-0.2, -0.15) is 0 Å². The van der Waals surface area contributed by atoms with Crippen LogP contribution in [0.2, 0.25) is 0 Å². The molecule has 0 spiro atoms. The molecule has 0 aliphatic carbocycles. The zero-order valence-corrected chi connectivity index (χ0v) is 9.00. The zero-order valence-electron chi connectivity index (χ0n) is 9.00. The van der Waals surface area contributed by atoms with E-state index in [0.717, 1.165) is 16.7 Å². The molecule has 1 aromatic carbocycles. The van der Waals surface area contributed by atoms with Crippen LogP contribution in [0.5, 0.6) is 0 Å². The van der Waals surface area contributed by atoms with Gasteiger partial charge in [-0.15, -0.1) is 0 Å². The normalized spacial score (nSPS) is 12.6. The molecule has 0 saturated heterocycles. The van der Waals surface area contributed by atoms with Gasteiger partial charge in [-0.25, -0.2) is 0 Å². The molecule has 0 aromatic heterocycles. The minimum Gasteiger partial charge on any atom is -0.330 e. The van der Waals surface area contributed by atoms with E-state index >= 15 is 0 Å². The molecule has 2 nitrogen and oxygen atoms in total. The second-order valence-corrected chi connectivity index (χ2v) is 3.88. The van der Waals surface area contributed by atoms with Gasteiger partial charge in [0.2, 0.25) is 0 Å². The Morgan fingerprint density at radius 1 is 1.29 bits per heavy atom. The quantitative estimate of drug-likeness (QED) is 0.743. The first kappa shape index (κ1) is 10.9. The maximum absolute atomic E-state index is 11.8. The number of nitrogens with two attached hydrogens (primary N) is 1. The summed E-state index contributed by atoms with van der Waals surface area (Å²) in [5, 5.41) is 0. The largest absolute Gasteiger partial charge is 0.330 e. The Morgan fingerprint density at radius 3 is 2.21 bits per heavy atom. The first-order chi connectivity index (χ1) is 6.54. The lowest BCUT2D eigenvalue weighted by molar-refractivity contribution is 0.0934. The molecular weight excluding hydrogens is 174 g/mol. The Balaban J connectivity index is 3.01. The Hall–Kier alpha value is -1.15. The zero-order chi connectivity index (χ0) is 10.7. The van der Waals surface area contributed by atoms with Gasteiger partial charge in [0.05, 0.1) is 0 Å². The van der Waals surface area contributed by atoms with Crippen LogP contribution in [0.1, 0.15) is 28.4 Å². The summed E-state index contributed by atoms with van der Waals surface area (Å²) < 4.78 is 0. The summed E-state index contributed by atoms with van der Waals surface area (Å²) in [6.07, 6.45) is 0. The van der Waals surface area contributed by atoms with E-state index in [1.165, 1.54) is 0 Å². The van der Waals surface area contributed by atoms with Crippen LogP contribution in [0.3, 0.4) is 0 Å². The first-order valence-electron chi connectivity index (χ1n) is 4.87. The number of carbonyl (C=O) groups is 1. The van der Waals surface area contributed by atoms with Crippen LogP contribution in [0.4, 0.5) is 0 Å². The highest BCUT2D eigenvalue weighted by molar-refractivity contribution is 5.98. The molecule has 0 fully saturated rings. The number of Topliss-reactive ketones (excluding diaryl/α,β-unsaturated/α-hetero) is 1. The van der Waals surface area contributed by atoms with E-state index in [1.54, 1.807) is 0 Å². The predicted octanol–water partition coefficient (Wildman–Crippen LogP) is 2.08. The second-order valence-electron chi connectivity index (χ2n) is 3.88. The van der Waals surface area contributed by atoms with Crippen molar-refractivity contribution in [2.45, 2.75) is 20.8 Å². The number of carbonyl (C=O) groups excluding carboxylic acids is 1. The van der Waals surface area contributed by atoms with Gasteiger partial charge in [-0.3, -0.25) is 4.79 Å². The molecule has 2 heteroatoms. The number of benzene rings is 1. The Morgan fingerprint density at radius 2 is 1.79 bits per heavy atom. The summed E-state index contributed by atoms with van der Waals surface area (Å²) in [4.78, 5) is 11.8. The molecule has 1 aromatic rings. The number of ketones is 1. The van der Waals surface area contributed by atoms with Gasteiger partial charge >= 0.3 is 0 Å². The van der Waals surface area contributed by atoms with E-state index < -0.39 is 0 Å². The highest BCUT2D eigenvalue weighted by Crippen LogP contribution is 2.13. The topological polar surface area (TPSA) is 43.1 Å². The number of hydrogen-bond donors (Lipinski definition) is 1. The first-order valence-corrected chi connectivity index (χ1v) is 4.87. The molecule has 1 rings (SSSR count). The second kappa shape index (κ2) is 4.38. The van der Waals surface area contributed by atoms with E-state index in [0.29, 0.717) is 6.54 Å². The fourth-order valence-electron chi connectivity index (χ4n) is 1.51. The lowest BCUT2D eigenvalue weighted by Crippen LogP contribution is -2.20. The van der Waals surface area contributed by atoms with Crippen molar-refractivity contribution in [2.24, 2.45) is 11.7 Å². The number of rotatable bonds is 3. The molecule has 76 valence electrons. The molecule has 2 N–H and O–H groups in total. The molecule has 14 heavy (non-hydrogen) atoms. The van der Waals surface area contributed by atoms with Gasteiger partial charge in [-0.05, 0) is 26.0 Å². The smallest absolute Gasteiger partial charge is 0.166 e. The predicted molar refractivity (Wildman–Crippen MR) is 58.5 cm³/mol. The van der Waals surface area contributed by atoms with Crippen molar-refractivity contribution in [1.29, 1.82) is 0 Å². The average molecular weight is 191 g/mol.